The van der Waals surface area contributed by atoms with Crippen LogP contribution in [0.1, 0.15) is 65.0 Å². The van der Waals surface area contributed by atoms with Crippen molar-refractivity contribution in [3.8, 4) is 34.2 Å². The molecule has 15 heteroatoms. The molecule has 2 aromatic carbocycles. The zero-order valence-corrected chi connectivity index (χ0v) is 37.4. The van der Waals surface area contributed by atoms with Crippen LogP contribution >= 0.6 is 0 Å². The van der Waals surface area contributed by atoms with Gasteiger partial charge in [0.25, 0.3) is 12.0 Å². The number of ether oxygens (including phenoxy) is 1. The summed E-state index contributed by atoms with van der Waals surface area (Å²) < 4.78 is 10.1. The fourth-order valence-corrected chi connectivity index (χ4v) is 9.39. The number of aromatic hydroxyl groups is 1. The molecule has 15 nitrogen and oxygen atoms in total. The maximum atomic E-state index is 14.5. The van der Waals surface area contributed by atoms with Gasteiger partial charge in [0.05, 0.1) is 24.4 Å². The van der Waals surface area contributed by atoms with Gasteiger partial charge < -0.3 is 24.2 Å². The van der Waals surface area contributed by atoms with E-state index in [-0.39, 0.29) is 43.1 Å². The molecule has 6 bridgehead atoms. The van der Waals surface area contributed by atoms with E-state index < -0.39 is 47.1 Å². The summed E-state index contributed by atoms with van der Waals surface area (Å²) in [6.07, 6.45) is 7.12. The molecule has 0 aliphatic carbocycles. The molecule has 0 radical (unpaired) electrons. The average molecular weight is 860 g/mol. The molecule has 2 fully saturated rings. The molecule has 4 amide bonds. The van der Waals surface area contributed by atoms with Crippen molar-refractivity contribution in [2.45, 2.75) is 85.4 Å². The van der Waals surface area contributed by atoms with E-state index in [0.717, 1.165) is 38.9 Å². The maximum absolute atomic E-state index is 14.5. The molecule has 3 aliphatic rings. The van der Waals surface area contributed by atoms with Gasteiger partial charge in [-0.15, -0.1) is 0 Å². The Kier molecular flexibility index (Phi) is 12.9. The lowest BCUT2D eigenvalue weighted by molar-refractivity contribution is -0.155. The number of aryl methyl sites for hydroxylation is 2. The summed E-state index contributed by atoms with van der Waals surface area (Å²) in [4.78, 5) is 75.4. The van der Waals surface area contributed by atoms with Crippen LogP contribution in [0.5, 0.6) is 5.75 Å². The number of carbonyl (C=O) groups excluding carboxylic acids is 5. The number of fused-ring (bicyclic) bond motifs is 6. The van der Waals surface area contributed by atoms with Gasteiger partial charge in [-0.2, -0.15) is 9.89 Å². The van der Waals surface area contributed by atoms with Gasteiger partial charge in [0.1, 0.15) is 11.8 Å². The van der Waals surface area contributed by atoms with Crippen molar-refractivity contribution < 1.29 is 33.8 Å². The van der Waals surface area contributed by atoms with E-state index in [0.29, 0.717) is 50.9 Å². The molecule has 2 aromatic heterocycles. The van der Waals surface area contributed by atoms with Crippen molar-refractivity contribution in [3.63, 3.8) is 0 Å². The molecule has 3 aliphatic heterocycles. The molecule has 0 spiro atoms. The van der Waals surface area contributed by atoms with Crippen LogP contribution in [-0.4, -0.2) is 109 Å². The van der Waals surface area contributed by atoms with Gasteiger partial charge >= 0.3 is 11.9 Å². The number of aromatic nitrogens is 3. The molecule has 7 rings (SSSR count). The third-order valence-corrected chi connectivity index (χ3v) is 12.5. The number of nitrogens with one attached hydrogen (secondary N) is 1. The van der Waals surface area contributed by atoms with E-state index in [9.17, 15) is 29.1 Å². The van der Waals surface area contributed by atoms with Crippen LogP contribution in [0, 0.1) is 29.2 Å². The SMILES string of the molecule is C=CC(=O)N1CC[C@H](C(=O)N(C)[C@H](C(=O)[N+]#C[C@H]2Cc3cc(O)cc(c3)-c3ccc4c(c3)c(c(-c3cnn(C)c3)n4CC)CC(C)(C)COC(=O)[C@@H]3CCCN(N3)C2=O)C(C)C)C1. The summed E-state index contributed by atoms with van der Waals surface area (Å²) in [6, 6.07) is 12.5. The van der Waals surface area contributed by atoms with E-state index in [1.807, 2.05) is 45.4 Å². The number of nitrogens with zero attached hydrogens (tertiary/aromatic N) is 7. The number of hydrazine groups is 1. The van der Waals surface area contributed by atoms with Gasteiger partial charge in [-0.3, -0.25) is 28.9 Å². The van der Waals surface area contributed by atoms with Crippen LogP contribution in [-0.2, 0) is 55.1 Å². The van der Waals surface area contributed by atoms with Crippen LogP contribution < -0.4 is 5.43 Å². The minimum atomic E-state index is -1.12. The summed E-state index contributed by atoms with van der Waals surface area (Å²) in [5, 5.41) is 18.1. The first kappa shape index (κ1) is 44.8. The number of hydrogen-bond acceptors (Lipinski definition) is 9. The van der Waals surface area contributed by atoms with Crippen LogP contribution in [0.4, 0.5) is 0 Å². The Bertz CT molecular complexity index is 2520. The first-order valence-corrected chi connectivity index (χ1v) is 21.9. The smallest absolute Gasteiger partial charge is 0.508 e. The number of likely N-dealkylation sites (N-methyl/N-ethyl adjacent to an activating group) is 1. The van der Waals surface area contributed by atoms with E-state index in [1.54, 1.807) is 28.8 Å². The monoisotopic (exact) mass is 859 g/mol. The number of esters is 1. The summed E-state index contributed by atoms with van der Waals surface area (Å²) in [7, 11) is 3.45. The summed E-state index contributed by atoms with van der Waals surface area (Å²) in [6.45, 7) is 15.2. The normalized spacial score (nSPS) is 20.7. The Morgan fingerprint density at radius 2 is 1.89 bits per heavy atom. The standard InChI is InChI=1S/C48H58N8O7/c1-9-41(58)54-17-15-32(27-54)45(60)53(8)42(29(3)4)44(59)49-24-34-19-30-18-33(21-36(57)20-30)31-13-14-40-37(22-31)38(43(55(40)10-2)35-25-50-52(7)26-35)23-48(5,6)28-63-47(62)39-12-11-16-56(51-39)46(34)61/h9,13-14,18,20-22,25-26,29,32,34,39,42,51H,1,10-12,15-17,19,23,27-28H2,2-8H3/p+1/t32-,34+,39-,42-/m0/s1. The first-order chi connectivity index (χ1) is 30.0. The summed E-state index contributed by atoms with van der Waals surface area (Å²) >= 11 is 0. The zero-order valence-electron chi connectivity index (χ0n) is 37.4. The van der Waals surface area contributed by atoms with Gasteiger partial charge in [0.15, 0.2) is 12.0 Å². The quantitative estimate of drug-likeness (QED) is 0.178. The molecule has 0 unspecified atom stereocenters. The summed E-state index contributed by atoms with van der Waals surface area (Å²) in [5.74, 6) is -4.06. The number of hydrogen-bond donors (Lipinski definition) is 2. The van der Waals surface area contributed by atoms with E-state index >= 15 is 0 Å². The second kappa shape index (κ2) is 18.2. The van der Waals surface area contributed by atoms with Crippen LogP contribution in [0.15, 0.2) is 61.4 Å². The molecule has 5 heterocycles. The van der Waals surface area contributed by atoms with Gasteiger partial charge in [-0.1, -0.05) is 46.4 Å². The Hall–Kier alpha value is -6.27. The number of rotatable bonds is 7. The Morgan fingerprint density at radius 1 is 1.11 bits per heavy atom. The number of likely N-dealkylation sites (tertiary alicyclic amines) is 1. The lowest BCUT2D eigenvalue weighted by Gasteiger charge is -2.34. The minimum absolute atomic E-state index is 0.000987. The third-order valence-electron chi connectivity index (χ3n) is 12.5. The topological polar surface area (TPSA) is 164 Å². The van der Waals surface area contributed by atoms with Crippen molar-refractivity contribution in [1.29, 1.82) is 0 Å². The number of carbonyl (C=O) groups is 5. The molecule has 332 valence electrons. The number of benzene rings is 2. The number of cyclic esters (lactones) is 1. The molecule has 4 atom stereocenters. The highest BCUT2D eigenvalue weighted by atomic mass is 16.5. The molecule has 4 aromatic rings. The highest BCUT2D eigenvalue weighted by Crippen LogP contribution is 2.40. The predicted octanol–water partition coefficient (Wildman–Crippen LogP) is 5.59. The minimum Gasteiger partial charge on any atom is -0.508 e. The fraction of sp³-hybridized carbons (Fsp3) is 0.479. The first-order valence-electron chi connectivity index (χ1n) is 21.9. The van der Waals surface area contributed by atoms with Gasteiger partial charge in [0.2, 0.25) is 11.8 Å². The van der Waals surface area contributed by atoms with Crippen molar-refractivity contribution in [3.05, 3.63) is 77.4 Å². The molecule has 63 heavy (non-hydrogen) atoms. The van der Waals surface area contributed by atoms with Crippen molar-refractivity contribution in [2.24, 2.45) is 30.2 Å². The molecule has 2 saturated heterocycles. The van der Waals surface area contributed by atoms with Crippen LogP contribution in [0.25, 0.3) is 38.1 Å². The van der Waals surface area contributed by atoms with Gasteiger partial charge in [0, 0.05) is 79.6 Å². The number of amides is 4. The van der Waals surface area contributed by atoms with E-state index in [1.165, 1.54) is 16.0 Å². The second-order valence-corrected chi connectivity index (χ2v) is 18.3. The Morgan fingerprint density at radius 3 is 2.59 bits per heavy atom. The van der Waals surface area contributed by atoms with E-state index in [4.69, 9.17) is 4.74 Å². The predicted molar refractivity (Wildman–Crippen MR) is 239 cm³/mol. The molecule has 0 saturated carbocycles. The molecule has 2 N–H and O–H groups in total. The van der Waals surface area contributed by atoms with Crippen LogP contribution in [0.2, 0.25) is 0 Å². The average Bonchev–Trinajstić information content (AvgIpc) is 4.00. The highest BCUT2D eigenvalue weighted by molar-refractivity contribution is 5.97. The lowest BCUT2D eigenvalue weighted by atomic mass is 9.84. The second-order valence-electron chi connectivity index (χ2n) is 18.3. The van der Waals surface area contributed by atoms with Crippen molar-refractivity contribution >= 4 is 40.5 Å². The highest BCUT2D eigenvalue weighted by Gasteiger charge is 2.42. The van der Waals surface area contributed by atoms with Crippen molar-refractivity contribution in [1.82, 2.24) is 34.6 Å². The fourth-order valence-electron chi connectivity index (χ4n) is 9.39. The largest absolute Gasteiger partial charge is 0.537 e. The third kappa shape index (κ3) is 9.41. The molecular weight excluding hydrogens is 801 g/mol. The molecular formula is C48H59N8O7+. The number of phenolic OH excluding ortho intramolecular Hbond substituents is 1. The summed E-state index contributed by atoms with van der Waals surface area (Å²) in [5.41, 5.74) is 8.92. The van der Waals surface area contributed by atoms with Crippen LogP contribution in [0.3, 0.4) is 0 Å². The number of phenols is 1. The maximum Gasteiger partial charge on any atom is 0.537 e. The Labute approximate surface area is 368 Å². The lowest BCUT2D eigenvalue weighted by Crippen LogP contribution is -2.57. The Balaban J connectivity index is 1.28. The van der Waals surface area contributed by atoms with Crippen molar-refractivity contribution in [2.75, 3.05) is 33.3 Å². The van der Waals surface area contributed by atoms with Gasteiger partial charge in [-0.25, -0.2) is 5.43 Å². The zero-order chi connectivity index (χ0) is 45.3. The van der Waals surface area contributed by atoms with Gasteiger partial charge in [-0.05, 0) is 91.1 Å². The van der Waals surface area contributed by atoms with E-state index in [2.05, 4.69) is 65.5 Å².